The molecule has 1 aromatic heterocycles. The largest absolute Gasteiger partial charge is 0.477 e. The molecule has 1 aromatic rings. The zero-order valence-corrected chi connectivity index (χ0v) is 12.2. The molecule has 0 spiro atoms. The molecule has 1 atom stereocenters. The Hall–Kier alpha value is -1.38. The fourth-order valence-corrected chi connectivity index (χ4v) is 3.39. The van der Waals surface area contributed by atoms with Crippen LogP contribution in [0.15, 0.2) is 17.2 Å². The molecule has 1 saturated heterocycles. The van der Waals surface area contributed by atoms with Gasteiger partial charge in [-0.05, 0) is 26.3 Å². The van der Waals surface area contributed by atoms with Gasteiger partial charge in [-0.25, -0.2) is 17.9 Å². The van der Waals surface area contributed by atoms with Crippen LogP contribution in [0.3, 0.4) is 0 Å². The van der Waals surface area contributed by atoms with Gasteiger partial charge in [-0.1, -0.05) is 0 Å². The van der Waals surface area contributed by atoms with Gasteiger partial charge in [0.15, 0.2) is 0 Å². The van der Waals surface area contributed by atoms with E-state index in [1.807, 2.05) is 0 Å². The highest BCUT2D eigenvalue weighted by molar-refractivity contribution is 7.89. The monoisotopic (exact) mass is 302 g/mol. The van der Waals surface area contributed by atoms with Crippen molar-refractivity contribution in [1.29, 1.82) is 0 Å². The number of hydrogen-bond donors (Lipinski definition) is 2. The highest BCUT2D eigenvalue weighted by atomic mass is 32.2. The second kappa shape index (κ2) is 5.55. The van der Waals surface area contributed by atoms with E-state index in [1.165, 1.54) is 16.8 Å². The second-order valence-electron chi connectivity index (χ2n) is 5.05. The minimum Gasteiger partial charge on any atom is -0.477 e. The Morgan fingerprint density at radius 3 is 2.70 bits per heavy atom. The molecule has 1 aliphatic rings. The van der Waals surface area contributed by atoms with E-state index < -0.39 is 16.0 Å². The summed E-state index contributed by atoms with van der Waals surface area (Å²) < 4.78 is 33.5. The third kappa shape index (κ3) is 3.02. The molecule has 0 radical (unpaired) electrons. The van der Waals surface area contributed by atoms with Crippen molar-refractivity contribution in [2.75, 3.05) is 13.2 Å². The Kier molecular flexibility index (Phi) is 4.17. The zero-order chi connectivity index (χ0) is 14.9. The average Bonchev–Trinajstić information content (AvgIpc) is 2.95. The Bertz CT molecular complexity index is 599. The van der Waals surface area contributed by atoms with Crippen molar-refractivity contribution in [3.8, 4) is 0 Å². The lowest BCUT2D eigenvalue weighted by molar-refractivity contribution is 0.0683. The van der Waals surface area contributed by atoms with Gasteiger partial charge in [0.1, 0.15) is 10.6 Å². The maximum absolute atomic E-state index is 12.2. The molecule has 112 valence electrons. The van der Waals surface area contributed by atoms with Crippen molar-refractivity contribution in [2.24, 2.45) is 0 Å². The summed E-state index contributed by atoms with van der Waals surface area (Å²) in [4.78, 5) is 11.1. The van der Waals surface area contributed by atoms with E-state index in [0.29, 0.717) is 19.6 Å². The SMILES string of the molecule is CC(C)n1cc(S(=O)(=O)NC2CCOC2)cc1C(=O)O. The van der Waals surface area contributed by atoms with Crippen LogP contribution in [0.25, 0.3) is 0 Å². The summed E-state index contributed by atoms with van der Waals surface area (Å²) in [5, 5.41) is 9.12. The van der Waals surface area contributed by atoms with Gasteiger partial charge < -0.3 is 14.4 Å². The molecule has 2 heterocycles. The van der Waals surface area contributed by atoms with E-state index in [4.69, 9.17) is 9.84 Å². The summed E-state index contributed by atoms with van der Waals surface area (Å²) >= 11 is 0. The first kappa shape index (κ1) is 15.0. The number of aromatic nitrogens is 1. The van der Waals surface area contributed by atoms with Gasteiger partial charge in [0.05, 0.1) is 6.61 Å². The number of ether oxygens (including phenoxy) is 1. The van der Waals surface area contributed by atoms with Crippen molar-refractivity contribution < 1.29 is 23.1 Å². The zero-order valence-electron chi connectivity index (χ0n) is 11.4. The molecule has 2 N–H and O–H groups in total. The summed E-state index contributed by atoms with van der Waals surface area (Å²) in [5.74, 6) is -1.15. The predicted octanol–water partition coefficient (Wildman–Crippen LogP) is 0.834. The van der Waals surface area contributed by atoms with Gasteiger partial charge in [-0.3, -0.25) is 0 Å². The lowest BCUT2D eigenvalue weighted by Crippen LogP contribution is -2.34. The van der Waals surface area contributed by atoms with Crippen molar-refractivity contribution in [2.45, 2.75) is 37.2 Å². The fourth-order valence-electron chi connectivity index (χ4n) is 2.11. The minimum atomic E-state index is -3.73. The van der Waals surface area contributed by atoms with Crippen molar-refractivity contribution in [3.05, 3.63) is 18.0 Å². The Balaban J connectivity index is 2.31. The number of carbonyl (C=O) groups is 1. The second-order valence-corrected chi connectivity index (χ2v) is 6.76. The molecule has 1 unspecified atom stereocenters. The van der Waals surface area contributed by atoms with E-state index in [0.717, 1.165) is 0 Å². The normalized spacial score (nSPS) is 19.6. The highest BCUT2D eigenvalue weighted by Crippen LogP contribution is 2.20. The van der Waals surface area contributed by atoms with Crippen LogP contribution in [-0.4, -0.2) is 43.3 Å². The van der Waals surface area contributed by atoms with Crippen LogP contribution in [0.4, 0.5) is 0 Å². The van der Waals surface area contributed by atoms with Crippen molar-refractivity contribution in [3.63, 3.8) is 0 Å². The first-order chi connectivity index (χ1) is 9.31. The Labute approximate surface area is 117 Å². The Morgan fingerprint density at radius 2 is 2.25 bits per heavy atom. The molecule has 7 nitrogen and oxygen atoms in total. The van der Waals surface area contributed by atoms with Crippen LogP contribution in [0.2, 0.25) is 0 Å². The lowest BCUT2D eigenvalue weighted by Gasteiger charge is -2.10. The molecule has 0 amide bonds. The predicted molar refractivity (Wildman–Crippen MR) is 71.3 cm³/mol. The van der Waals surface area contributed by atoms with E-state index >= 15 is 0 Å². The number of hydrogen-bond acceptors (Lipinski definition) is 4. The topological polar surface area (TPSA) is 97.6 Å². The van der Waals surface area contributed by atoms with E-state index in [9.17, 15) is 13.2 Å². The molecular formula is C12H18N2O5S. The van der Waals surface area contributed by atoms with Crippen LogP contribution in [0, 0.1) is 0 Å². The highest BCUT2D eigenvalue weighted by Gasteiger charge is 2.26. The molecule has 0 bridgehead atoms. The number of rotatable bonds is 5. The van der Waals surface area contributed by atoms with Gasteiger partial charge in [0.2, 0.25) is 10.0 Å². The third-order valence-electron chi connectivity index (χ3n) is 3.16. The molecule has 2 rings (SSSR count). The fraction of sp³-hybridized carbons (Fsp3) is 0.583. The molecular weight excluding hydrogens is 284 g/mol. The number of aromatic carboxylic acids is 1. The van der Waals surface area contributed by atoms with Gasteiger partial charge >= 0.3 is 5.97 Å². The first-order valence-electron chi connectivity index (χ1n) is 6.36. The smallest absolute Gasteiger partial charge is 0.352 e. The average molecular weight is 302 g/mol. The van der Waals surface area contributed by atoms with Crippen LogP contribution in [0.5, 0.6) is 0 Å². The lowest BCUT2D eigenvalue weighted by atomic mass is 10.3. The molecule has 20 heavy (non-hydrogen) atoms. The molecule has 1 aliphatic heterocycles. The Morgan fingerprint density at radius 1 is 1.55 bits per heavy atom. The third-order valence-corrected chi connectivity index (χ3v) is 4.65. The quantitative estimate of drug-likeness (QED) is 0.839. The van der Waals surface area contributed by atoms with E-state index in [1.54, 1.807) is 13.8 Å². The van der Waals surface area contributed by atoms with Crippen molar-refractivity contribution >= 4 is 16.0 Å². The molecule has 0 aromatic carbocycles. The molecule has 8 heteroatoms. The summed E-state index contributed by atoms with van der Waals surface area (Å²) in [5.41, 5.74) is -0.0388. The van der Waals surface area contributed by atoms with Crippen LogP contribution < -0.4 is 4.72 Å². The van der Waals surface area contributed by atoms with Crippen molar-refractivity contribution in [1.82, 2.24) is 9.29 Å². The molecule has 0 saturated carbocycles. The van der Waals surface area contributed by atoms with Gasteiger partial charge in [0.25, 0.3) is 0 Å². The number of nitrogens with zero attached hydrogens (tertiary/aromatic N) is 1. The standard InChI is InChI=1S/C12H18N2O5S/c1-8(2)14-6-10(5-11(14)12(15)16)20(17,18)13-9-3-4-19-7-9/h5-6,8-9,13H,3-4,7H2,1-2H3,(H,15,16). The minimum absolute atomic E-state index is 0.0319. The maximum atomic E-state index is 12.2. The van der Waals surface area contributed by atoms with Gasteiger partial charge in [0, 0.05) is 24.9 Å². The first-order valence-corrected chi connectivity index (χ1v) is 7.85. The number of carboxylic acid groups (broad SMARTS) is 1. The van der Waals surface area contributed by atoms with E-state index in [-0.39, 0.29) is 22.7 Å². The summed E-state index contributed by atoms with van der Waals surface area (Å²) in [6.07, 6.45) is 1.97. The molecule has 1 fully saturated rings. The van der Waals surface area contributed by atoms with Crippen LogP contribution in [-0.2, 0) is 14.8 Å². The number of carboxylic acids is 1. The number of sulfonamides is 1. The van der Waals surface area contributed by atoms with Crippen LogP contribution >= 0.6 is 0 Å². The summed E-state index contributed by atoms with van der Waals surface area (Å²) in [7, 11) is -3.73. The summed E-state index contributed by atoms with van der Waals surface area (Å²) in [6, 6.07) is 0.788. The van der Waals surface area contributed by atoms with E-state index in [2.05, 4.69) is 4.72 Å². The summed E-state index contributed by atoms with van der Waals surface area (Å²) in [6.45, 7) is 4.46. The maximum Gasteiger partial charge on any atom is 0.352 e. The number of nitrogens with one attached hydrogen (secondary N) is 1. The van der Waals surface area contributed by atoms with Crippen LogP contribution in [0.1, 0.15) is 36.8 Å². The molecule has 0 aliphatic carbocycles. The van der Waals surface area contributed by atoms with Gasteiger partial charge in [-0.15, -0.1) is 0 Å². The van der Waals surface area contributed by atoms with Gasteiger partial charge in [-0.2, -0.15) is 0 Å².